The Balaban J connectivity index is 3.50. The minimum atomic E-state index is -0.867. The van der Waals surface area contributed by atoms with Crippen molar-refractivity contribution >= 4 is 5.91 Å². The Morgan fingerprint density at radius 2 is 0.634 bits per heavy atom. The third kappa shape index (κ3) is 58.6. The second-order valence-electron chi connectivity index (χ2n) is 21.4. The molecule has 4 nitrogen and oxygen atoms in total. The molecule has 71 heavy (non-hydrogen) atoms. The van der Waals surface area contributed by atoms with Crippen molar-refractivity contribution in [2.45, 2.75) is 341 Å². The van der Waals surface area contributed by atoms with Crippen molar-refractivity contribution in [3.05, 3.63) is 72.9 Å². The van der Waals surface area contributed by atoms with Crippen LogP contribution in [-0.2, 0) is 4.79 Å². The molecule has 3 N–H and O–H groups in total. The fraction of sp³-hybridized carbons (Fsp3) is 0.806. The van der Waals surface area contributed by atoms with E-state index in [9.17, 15) is 15.0 Å². The lowest BCUT2D eigenvalue weighted by Crippen LogP contribution is -2.45. The number of hydrogen-bond acceptors (Lipinski definition) is 3. The fourth-order valence-corrected chi connectivity index (χ4v) is 9.66. The Hall–Kier alpha value is -2.17. The molecule has 0 aliphatic carbocycles. The van der Waals surface area contributed by atoms with Gasteiger partial charge in [0.25, 0.3) is 0 Å². The van der Waals surface area contributed by atoms with Crippen LogP contribution in [0.4, 0.5) is 0 Å². The summed E-state index contributed by atoms with van der Waals surface area (Å²) < 4.78 is 0. The van der Waals surface area contributed by atoms with Crippen LogP contribution in [0, 0.1) is 0 Å². The summed E-state index contributed by atoms with van der Waals surface area (Å²) in [6.07, 6.45) is 89.6. The van der Waals surface area contributed by atoms with E-state index in [0.717, 1.165) is 57.8 Å². The van der Waals surface area contributed by atoms with Gasteiger partial charge in [0.05, 0.1) is 18.8 Å². The molecule has 2 unspecified atom stereocenters. The van der Waals surface area contributed by atoms with Gasteiger partial charge in [-0.3, -0.25) is 4.79 Å². The molecule has 0 fully saturated rings. The zero-order valence-corrected chi connectivity index (χ0v) is 47.7. The van der Waals surface area contributed by atoms with Crippen molar-refractivity contribution in [2.24, 2.45) is 0 Å². The molecule has 4 heteroatoms. The van der Waals surface area contributed by atoms with Crippen LogP contribution in [0.5, 0.6) is 0 Å². The predicted octanol–water partition coefficient (Wildman–Crippen LogP) is 21.3. The van der Waals surface area contributed by atoms with Gasteiger partial charge in [-0.1, -0.05) is 324 Å². The van der Waals surface area contributed by atoms with Crippen LogP contribution in [0.15, 0.2) is 72.9 Å². The number of aliphatic hydroxyl groups is 2. The molecule has 414 valence electrons. The summed E-state index contributed by atoms with van der Waals surface area (Å²) in [5, 5.41) is 23.2. The predicted molar refractivity (Wildman–Crippen MR) is 317 cm³/mol. The molecule has 2 atom stereocenters. The van der Waals surface area contributed by atoms with Crippen LogP contribution < -0.4 is 5.32 Å². The van der Waals surface area contributed by atoms with Crippen molar-refractivity contribution in [3.8, 4) is 0 Å². The van der Waals surface area contributed by atoms with Crippen LogP contribution in [0.1, 0.15) is 328 Å². The maximum Gasteiger partial charge on any atom is 0.220 e. The first-order chi connectivity index (χ1) is 35.2. The molecule has 1 amide bonds. The Labute approximate surface area is 444 Å². The van der Waals surface area contributed by atoms with E-state index >= 15 is 0 Å². The fourth-order valence-electron chi connectivity index (χ4n) is 9.66. The van der Waals surface area contributed by atoms with Gasteiger partial charge in [-0.25, -0.2) is 0 Å². The molecular weight excluding hydrogens is 867 g/mol. The van der Waals surface area contributed by atoms with Gasteiger partial charge >= 0.3 is 0 Å². The van der Waals surface area contributed by atoms with E-state index < -0.39 is 12.1 Å². The number of amides is 1. The maximum atomic E-state index is 12.5. The van der Waals surface area contributed by atoms with Crippen molar-refractivity contribution in [1.29, 1.82) is 0 Å². The summed E-state index contributed by atoms with van der Waals surface area (Å²) in [6.45, 7) is 4.21. The number of allylic oxidation sites excluding steroid dienone is 11. The van der Waals surface area contributed by atoms with E-state index in [1.54, 1.807) is 6.08 Å². The van der Waals surface area contributed by atoms with Crippen molar-refractivity contribution in [2.75, 3.05) is 6.61 Å². The summed E-state index contributed by atoms with van der Waals surface area (Å²) in [5.74, 6) is -0.0728. The normalized spacial score (nSPS) is 13.2. The zero-order valence-electron chi connectivity index (χ0n) is 47.7. The molecule has 0 saturated heterocycles. The molecule has 0 aromatic heterocycles. The van der Waals surface area contributed by atoms with E-state index in [-0.39, 0.29) is 12.5 Å². The van der Waals surface area contributed by atoms with E-state index in [4.69, 9.17) is 0 Å². The van der Waals surface area contributed by atoms with E-state index in [1.807, 2.05) is 6.08 Å². The minimum absolute atomic E-state index is 0.0728. The lowest BCUT2D eigenvalue weighted by Gasteiger charge is -2.19. The highest BCUT2D eigenvalue weighted by molar-refractivity contribution is 5.76. The second kappa shape index (κ2) is 62.1. The number of hydrogen-bond donors (Lipinski definition) is 3. The molecule has 0 spiro atoms. The van der Waals surface area contributed by atoms with Gasteiger partial charge in [0.1, 0.15) is 0 Å². The first kappa shape index (κ1) is 68.8. The Morgan fingerprint density at radius 3 is 0.986 bits per heavy atom. The van der Waals surface area contributed by atoms with Crippen LogP contribution >= 0.6 is 0 Å². The van der Waals surface area contributed by atoms with Crippen LogP contribution in [0.3, 0.4) is 0 Å². The first-order valence-corrected chi connectivity index (χ1v) is 31.7. The lowest BCUT2D eigenvalue weighted by atomic mass is 10.0. The van der Waals surface area contributed by atoms with Gasteiger partial charge in [-0.05, 0) is 70.6 Å². The number of unbranched alkanes of at least 4 members (excludes halogenated alkanes) is 41. The lowest BCUT2D eigenvalue weighted by molar-refractivity contribution is -0.123. The van der Waals surface area contributed by atoms with Gasteiger partial charge in [0.2, 0.25) is 5.91 Å². The number of rotatable bonds is 58. The standard InChI is InChI=1S/C67H123NO3/c1-3-5-7-9-11-13-15-17-19-21-23-25-27-29-31-32-33-34-35-37-38-40-42-44-46-48-50-52-54-56-58-60-62-66(70)65(64-69)68-67(71)63-61-59-57-55-53-51-49-47-45-43-41-39-36-30-28-26-24-22-20-18-16-14-12-10-8-6-4-2/h6,8,12,14,18,20,24,26,52,54,60,62,65-66,69-70H,3-5,7,9-11,13,15-17,19,21-23,25,27-51,53,55-59,61,63-64H2,1-2H3,(H,68,71)/b8-6-,14-12-,20-18-,26-24-,54-52+,62-60+. The zero-order chi connectivity index (χ0) is 51.3. The highest BCUT2D eigenvalue weighted by Crippen LogP contribution is 2.18. The number of carbonyl (C=O) groups excluding carboxylic acids is 1. The Morgan fingerprint density at radius 1 is 0.352 bits per heavy atom. The number of nitrogens with one attached hydrogen (secondary N) is 1. The van der Waals surface area contributed by atoms with E-state index in [2.05, 4.69) is 79.9 Å². The highest BCUT2D eigenvalue weighted by Gasteiger charge is 2.18. The smallest absolute Gasteiger partial charge is 0.220 e. The SMILES string of the molecule is CC/C=C\C/C=C\C/C=C\C/C=C\CCCCCCCCCCCCCCCCC(=O)NC(CO)C(O)/C=C/CC/C=C/CCCCCCCCCCCCCCCCCCCCCCCCCCCC. The van der Waals surface area contributed by atoms with Gasteiger partial charge in [0, 0.05) is 6.42 Å². The van der Waals surface area contributed by atoms with Crippen LogP contribution in [0.2, 0.25) is 0 Å². The summed E-state index contributed by atoms with van der Waals surface area (Å²) in [6, 6.07) is -0.644. The maximum absolute atomic E-state index is 12.5. The summed E-state index contributed by atoms with van der Waals surface area (Å²) >= 11 is 0. The van der Waals surface area contributed by atoms with Crippen molar-refractivity contribution in [3.63, 3.8) is 0 Å². The molecule has 0 heterocycles. The van der Waals surface area contributed by atoms with Crippen LogP contribution in [-0.4, -0.2) is 34.9 Å². The largest absolute Gasteiger partial charge is 0.394 e. The summed E-state index contributed by atoms with van der Waals surface area (Å²) in [4.78, 5) is 12.5. The van der Waals surface area contributed by atoms with Gasteiger partial charge < -0.3 is 15.5 Å². The molecule has 0 rings (SSSR count). The molecule has 0 aliphatic rings. The quantitative estimate of drug-likeness (QED) is 0.0420. The van der Waals surface area contributed by atoms with Gasteiger partial charge in [0.15, 0.2) is 0 Å². The molecule has 0 bridgehead atoms. The molecule has 0 saturated carbocycles. The molecule has 0 aromatic rings. The van der Waals surface area contributed by atoms with Crippen molar-refractivity contribution < 1.29 is 15.0 Å². The molecule has 0 aromatic carbocycles. The highest BCUT2D eigenvalue weighted by atomic mass is 16.3. The summed E-state index contributed by atoms with van der Waals surface area (Å²) in [5.41, 5.74) is 0. The van der Waals surface area contributed by atoms with Gasteiger partial charge in [-0.2, -0.15) is 0 Å². The van der Waals surface area contributed by atoms with E-state index in [1.165, 1.54) is 250 Å². The Kier molecular flexibility index (Phi) is 60.2. The monoisotopic (exact) mass is 990 g/mol. The molecular formula is C67H123NO3. The number of carbonyl (C=O) groups is 1. The number of aliphatic hydroxyl groups excluding tert-OH is 2. The third-order valence-electron chi connectivity index (χ3n) is 14.4. The van der Waals surface area contributed by atoms with E-state index in [0.29, 0.717) is 6.42 Å². The average molecular weight is 991 g/mol. The van der Waals surface area contributed by atoms with Crippen LogP contribution in [0.25, 0.3) is 0 Å². The molecule has 0 aliphatic heterocycles. The minimum Gasteiger partial charge on any atom is -0.394 e. The topological polar surface area (TPSA) is 69.6 Å². The molecule has 0 radical (unpaired) electrons. The van der Waals surface area contributed by atoms with Crippen molar-refractivity contribution in [1.82, 2.24) is 5.32 Å². The van der Waals surface area contributed by atoms with Gasteiger partial charge in [-0.15, -0.1) is 0 Å². The second-order valence-corrected chi connectivity index (χ2v) is 21.4. The average Bonchev–Trinajstić information content (AvgIpc) is 3.37. The third-order valence-corrected chi connectivity index (χ3v) is 14.4. The summed E-state index contributed by atoms with van der Waals surface area (Å²) in [7, 11) is 0. The Bertz CT molecular complexity index is 1210. The first-order valence-electron chi connectivity index (χ1n) is 31.7.